The van der Waals surface area contributed by atoms with E-state index in [1.54, 1.807) is 6.07 Å². The second-order valence-electron chi connectivity index (χ2n) is 8.68. The Bertz CT molecular complexity index is 965. The number of nitrogens with zero attached hydrogens (tertiary/aromatic N) is 4. The first-order valence-electron chi connectivity index (χ1n) is 11.7. The molecule has 7 nitrogen and oxygen atoms in total. The van der Waals surface area contributed by atoms with E-state index in [-0.39, 0.29) is 35.6 Å². The number of aryl methyl sites for hydroxylation is 1. The lowest BCUT2D eigenvalue weighted by Crippen LogP contribution is -2.50. The Morgan fingerprint density at radius 1 is 1.12 bits per heavy atom. The fourth-order valence-corrected chi connectivity index (χ4v) is 4.78. The molecular weight excluding hydrogens is 529 g/mol. The summed E-state index contributed by atoms with van der Waals surface area (Å²) in [4.78, 5) is 21.4. The molecular formula is C25H36IN5O2. The van der Waals surface area contributed by atoms with Crippen molar-refractivity contribution in [2.75, 3.05) is 39.8 Å². The normalized spacial score (nSPS) is 20.9. The number of hydrogen-bond donors (Lipinski definition) is 1. The van der Waals surface area contributed by atoms with Crippen LogP contribution in [0, 0.1) is 6.92 Å². The summed E-state index contributed by atoms with van der Waals surface area (Å²) < 4.78 is 7.96. The monoisotopic (exact) mass is 565 g/mol. The summed E-state index contributed by atoms with van der Waals surface area (Å²) in [7, 11) is 1.85. The number of morpholine rings is 1. The lowest BCUT2D eigenvalue weighted by molar-refractivity contribution is -0.0502. The molecule has 0 aliphatic carbocycles. The van der Waals surface area contributed by atoms with Crippen molar-refractivity contribution in [1.82, 2.24) is 19.7 Å². The number of likely N-dealkylation sites (tertiary alicyclic amines) is 1. The van der Waals surface area contributed by atoms with Crippen LogP contribution in [0.4, 0.5) is 0 Å². The topological polar surface area (TPSA) is 62.1 Å². The lowest BCUT2D eigenvalue weighted by Gasteiger charge is -2.36. The van der Waals surface area contributed by atoms with E-state index >= 15 is 0 Å². The maximum absolute atomic E-state index is 12.0. The third-order valence-electron chi connectivity index (χ3n) is 6.52. The molecule has 180 valence electrons. The highest BCUT2D eigenvalue weighted by atomic mass is 127. The Hall–Kier alpha value is -1.91. The molecule has 3 heterocycles. The summed E-state index contributed by atoms with van der Waals surface area (Å²) in [5.41, 5.74) is 2.44. The standard InChI is InChI=1S/C25H35N5O2.HI/c1-20-9-8-12-24(31)30(20)14-7-6-13-27-25(26-2)29-18-22-23(19-29)32-16-15-28(22)17-21-10-4-3-5-11-21;/h3-5,8-12,22-23H,6-7,13-19H2,1-2H3,(H,26,27);1H. The van der Waals surface area contributed by atoms with E-state index < -0.39 is 0 Å². The van der Waals surface area contributed by atoms with Gasteiger partial charge < -0.3 is 19.5 Å². The molecule has 4 rings (SSSR count). The third-order valence-corrected chi connectivity index (χ3v) is 6.52. The van der Waals surface area contributed by atoms with Gasteiger partial charge >= 0.3 is 0 Å². The van der Waals surface area contributed by atoms with Crippen LogP contribution in [0.1, 0.15) is 24.1 Å². The number of unbranched alkanes of at least 4 members (excludes halogenated alkanes) is 1. The van der Waals surface area contributed by atoms with Gasteiger partial charge in [-0.25, -0.2) is 0 Å². The Morgan fingerprint density at radius 2 is 1.94 bits per heavy atom. The molecule has 33 heavy (non-hydrogen) atoms. The summed E-state index contributed by atoms with van der Waals surface area (Å²) in [5.74, 6) is 0.940. The van der Waals surface area contributed by atoms with Crippen molar-refractivity contribution in [2.24, 2.45) is 4.99 Å². The van der Waals surface area contributed by atoms with Crippen molar-refractivity contribution >= 4 is 29.9 Å². The van der Waals surface area contributed by atoms with Gasteiger partial charge in [-0.1, -0.05) is 36.4 Å². The molecule has 1 aromatic heterocycles. The van der Waals surface area contributed by atoms with E-state index in [0.29, 0.717) is 6.04 Å². The molecule has 0 amide bonds. The largest absolute Gasteiger partial charge is 0.373 e. The highest BCUT2D eigenvalue weighted by molar-refractivity contribution is 14.0. The Balaban J connectivity index is 0.00000306. The van der Waals surface area contributed by atoms with Gasteiger partial charge in [0.2, 0.25) is 0 Å². The first kappa shape index (κ1) is 25.7. The van der Waals surface area contributed by atoms with Crippen LogP contribution in [-0.2, 0) is 17.8 Å². The number of rotatable bonds is 7. The van der Waals surface area contributed by atoms with Gasteiger partial charge in [-0.15, -0.1) is 24.0 Å². The average molecular weight is 566 g/mol. The van der Waals surface area contributed by atoms with Crippen LogP contribution >= 0.6 is 24.0 Å². The highest BCUT2D eigenvalue weighted by Crippen LogP contribution is 2.24. The van der Waals surface area contributed by atoms with Gasteiger partial charge in [0, 0.05) is 58.1 Å². The average Bonchev–Trinajstić information content (AvgIpc) is 3.24. The number of fused-ring (bicyclic) bond motifs is 1. The van der Waals surface area contributed by atoms with Crippen LogP contribution in [-0.4, -0.2) is 72.3 Å². The van der Waals surface area contributed by atoms with Crippen molar-refractivity contribution in [3.05, 3.63) is 70.1 Å². The van der Waals surface area contributed by atoms with E-state index in [0.717, 1.165) is 70.4 Å². The molecule has 2 aromatic rings. The molecule has 0 spiro atoms. The van der Waals surface area contributed by atoms with Crippen LogP contribution in [0.25, 0.3) is 0 Å². The number of aromatic nitrogens is 1. The molecule has 1 aromatic carbocycles. The maximum atomic E-state index is 12.0. The van der Waals surface area contributed by atoms with Crippen LogP contribution in [0.5, 0.6) is 0 Å². The van der Waals surface area contributed by atoms with Crippen molar-refractivity contribution in [3.8, 4) is 0 Å². The van der Waals surface area contributed by atoms with Gasteiger partial charge in [-0.3, -0.25) is 14.7 Å². The zero-order valence-corrected chi connectivity index (χ0v) is 22.0. The van der Waals surface area contributed by atoms with Crippen LogP contribution in [0.3, 0.4) is 0 Å². The van der Waals surface area contributed by atoms with Crippen molar-refractivity contribution in [2.45, 2.75) is 45.0 Å². The zero-order chi connectivity index (χ0) is 22.3. The molecule has 2 aliphatic rings. The first-order chi connectivity index (χ1) is 15.7. The van der Waals surface area contributed by atoms with Gasteiger partial charge in [0.25, 0.3) is 5.56 Å². The lowest BCUT2D eigenvalue weighted by atomic mass is 10.1. The molecule has 2 fully saturated rings. The van der Waals surface area contributed by atoms with Gasteiger partial charge in [0.1, 0.15) is 0 Å². The smallest absolute Gasteiger partial charge is 0.250 e. The number of halogens is 1. The number of hydrogen-bond acceptors (Lipinski definition) is 4. The van der Waals surface area contributed by atoms with E-state index in [1.165, 1.54) is 5.56 Å². The van der Waals surface area contributed by atoms with E-state index in [2.05, 4.69) is 50.4 Å². The number of pyridine rings is 1. The van der Waals surface area contributed by atoms with Crippen LogP contribution in [0.15, 0.2) is 58.3 Å². The molecule has 0 radical (unpaired) electrons. The molecule has 8 heteroatoms. The van der Waals surface area contributed by atoms with E-state index in [4.69, 9.17) is 4.74 Å². The summed E-state index contributed by atoms with van der Waals surface area (Å²) >= 11 is 0. The van der Waals surface area contributed by atoms with E-state index in [9.17, 15) is 4.79 Å². The fraction of sp³-hybridized carbons (Fsp3) is 0.520. The Morgan fingerprint density at radius 3 is 2.70 bits per heavy atom. The van der Waals surface area contributed by atoms with Crippen molar-refractivity contribution in [3.63, 3.8) is 0 Å². The molecule has 1 N–H and O–H groups in total. The number of benzene rings is 1. The Kier molecular flexibility index (Phi) is 9.76. The SMILES string of the molecule is CN=C(NCCCCn1c(C)cccc1=O)N1CC2OCCN(Cc3ccccc3)C2C1.I. The predicted molar refractivity (Wildman–Crippen MR) is 143 cm³/mol. The van der Waals surface area contributed by atoms with E-state index in [1.807, 2.05) is 30.7 Å². The fourth-order valence-electron chi connectivity index (χ4n) is 4.78. The minimum absolute atomic E-state index is 0. The number of guanidine groups is 1. The first-order valence-corrected chi connectivity index (χ1v) is 11.7. The van der Waals surface area contributed by atoms with Gasteiger partial charge in [0.05, 0.1) is 18.8 Å². The summed E-state index contributed by atoms with van der Waals surface area (Å²) in [6.07, 6.45) is 2.16. The van der Waals surface area contributed by atoms with Gasteiger partial charge in [0.15, 0.2) is 5.96 Å². The second kappa shape index (κ2) is 12.5. The minimum Gasteiger partial charge on any atom is -0.373 e. The number of aliphatic imine (C=N–C) groups is 1. The number of ether oxygens (including phenoxy) is 1. The molecule has 2 unspecified atom stereocenters. The van der Waals surface area contributed by atoms with Gasteiger partial charge in [-0.2, -0.15) is 0 Å². The quantitative estimate of drug-likeness (QED) is 0.242. The third kappa shape index (κ3) is 6.58. The number of nitrogens with one attached hydrogen (secondary N) is 1. The van der Waals surface area contributed by atoms with Gasteiger partial charge in [-0.05, 0) is 31.4 Å². The summed E-state index contributed by atoms with van der Waals surface area (Å²) in [6.45, 7) is 8.08. The summed E-state index contributed by atoms with van der Waals surface area (Å²) in [5, 5.41) is 3.52. The van der Waals surface area contributed by atoms with Crippen LogP contribution in [0.2, 0.25) is 0 Å². The van der Waals surface area contributed by atoms with Crippen molar-refractivity contribution < 1.29 is 4.74 Å². The minimum atomic E-state index is 0. The second-order valence-corrected chi connectivity index (χ2v) is 8.68. The highest BCUT2D eigenvalue weighted by Gasteiger charge is 2.41. The van der Waals surface area contributed by atoms with Crippen molar-refractivity contribution in [1.29, 1.82) is 0 Å². The molecule has 2 atom stereocenters. The predicted octanol–water partition coefficient (Wildman–Crippen LogP) is 2.72. The zero-order valence-electron chi connectivity index (χ0n) is 19.7. The maximum Gasteiger partial charge on any atom is 0.250 e. The molecule has 0 saturated carbocycles. The molecule has 2 aliphatic heterocycles. The Labute approximate surface area is 213 Å². The van der Waals surface area contributed by atoms with Crippen LogP contribution < -0.4 is 10.9 Å². The molecule has 0 bridgehead atoms. The molecule has 2 saturated heterocycles. The summed E-state index contributed by atoms with van der Waals surface area (Å²) in [6, 6.07) is 16.5.